The molecule has 0 heterocycles. The molecule has 0 saturated heterocycles. The Bertz CT molecular complexity index is 773. The van der Waals surface area contributed by atoms with Gasteiger partial charge in [-0.3, -0.25) is 9.59 Å². The van der Waals surface area contributed by atoms with Gasteiger partial charge in [0.1, 0.15) is 0 Å². The van der Waals surface area contributed by atoms with E-state index in [2.05, 4.69) is 10.1 Å². The Labute approximate surface area is 149 Å². The van der Waals surface area contributed by atoms with Crippen molar-refractivity contribution in [3.8, 4) is 0 Å². The second-order valence-electron chi connectivity index (χ2n) is 5.08. The van der Waals surface area contributed by atoms with Gasteiger partial charge in [0.25, 0.3) is 5.91 Å². The Morgan fingerprint density at radius 3 is 2.48 bits per heavy atom. The molecule has 0 saturated carbocycles. The van der Waals surface area contributed by atoms with Crippen LogP contribution in [0.25, 0.3) is 0 Å². The number of methoxy groups -OCH3 is 1. The minimum atomic E-state index is -0.527. The lowest BCUT2D eigenvalue weighted by Gasteiger charge is -2.08. The molecule has 1 N–H and O–H groups in total. The molecule has 0 aromatic heterocycles. The number of carbonyl (C=O) groups excluding carboxylic acids is 3. The van der Waals surface area contributed by atoms with Crippen LogP contribution in [0.15, 0.2) is 48.5 Å². The zero-order valence-electron chi connectivity index (χ0n) is 13.5. The summed E-state index contributed by atoms with van der Waals surface area (Å²) in [6, 6.07) is 13.0. The maximum absolute atomic E-state index is 11.8. The van der Waals surface area contributed by atoms with Crippen LogP contribution in [0.4, 0.5) is 5.69 Å². The molecule has 0 fully saturated rings. The summed E-state index contributed by atoms with van der Waals surface area (Å²) in [5.41, 5.74) is 1.45. The van der Waals surface area contributed by atoms with Crippen molar-refractivity contribution in [1.29, 1.82) is 0 Å². The number of hydrogen-bond donors (Lipinski definition) is 1. The number of rotatable bonds is 6. The van der Waals surface area contributed by atoms with Crippen LogP contribution in [-0.2, 0) is 25.5 Å². The van der Waals surface area contributed by atoms with Crippen LogP contribution in [0.5, 0.6) is 0 Å². The predicted octanol–water partition coefficient (Wildman–Crippen LogP) is 2.85. The molecule has 0 bridgehead atoms. The minimum absolute atomic E-state index is 0.0439. The van der Waals surface area contributed by atoms with Gasteiger partial charge in [-0.25, -0.2) is 4.79 Å². The van der Waals surface area contributed by atoms with E-state index in [1.165, 1.54) is 13.2 Å². The molecule has 2 rings (SSSR count). The summed E-state index contributed by atoms with van der Waals surface area (Å²) < 4.78 is 9.54. The van der Waals surface area contributed by atoms with Crippen LogP contribution in [0.3, 0.4) is 0 Å². The molecule has 1 amide bonds. The topological polar surface area (TPSA) is 81.7 Å². The first-order chi connectivity index (χ1) is 12.0. The van der Waals surface area contributed by atoms with Crippen LogP contribution < -0.4 is 5.32 Å². The number of ether oxygens (including phenoxy) is 2. The Morgan fingerprint density at radius 1 is 1.08 bits per heavy atom. The first-order valence-electron chi connectivity index (χ1n) is 7.36. The summed E-state index contributed by atoms with van der Waals surface area (Å²) in [6.07, 6.45) is 0.0439. The molecule has 6 nitrogen and oxygen atoms in total. The Hall–Kier alpha value is -2.86. The molecular weight excluding hydrogens is 346 g/mol. The van der Waals surface area contributed by atoms with Crippen LogP contribution in [0.1, 0.15) is 15.9 Å². The van der Waals surface area contributed by atoms with Gasteiger partial charge in [-0.1, -0.05) is 29.8 Å². The maximum atomic E-state index is 11.8. The fourth-order valence-corrected chi connectivity index (χ4v) is 2.13. The van der Waals surface area contributed by atoms with E-state index in [1.807, 2.05) is 0 Å². The largest absolute Gasteiger partial charge is 0.465 e. The molecular formula is C18H16ClNO5. The Balaban J connectivity index is 1.83. The monoisotopic (exact) mass is 361 g/mol. The second-order valence-corrected chi connectivity index (χ2v) is 5.52. The SMILES string of the molecule is COC(=O)c1cccc(NC(=O)COC(=O)Cc2ccc(Cl)cc2)c1. The molecule has 0 aliphatic heterocycles. The number of amides is 1. The van der Waals surface area contributed by atoms with Gasteiger partial charge < -0.3 is 14.8 Å². The van der Waals surface area contributed by atoms with E-state index in [0.717, 1.165) is 5.56 Å². The average Bonchev–Trinajstić information content (AvgIpc) is 2.61. The van der Waals surface area contributed by atoms with Crippen molar-refractivity contribution in [3.05, 3.63) is 64.7 Å². The summed E-state index contributed by atoms with van der Waals surface area (Å²) in [7, 11) is 1.27. The molecule has 25 heavy (non-hydrogen) atoms. The van der Waals surface area contributed by atoms with Gasteiger partial charge >= 0.3 is 11.9 Å². The van der Waals surface area contributed by atoms with Crippen LogP contribution >= 0.6 is 11.6 Å². The standard InChI is InChI=1S/C18H16ClNO5/c1-24-18(23)13-3-2-4-15(10-13)20-16(21)11-25-17(22)9-12-5-7-14(19)8-6-12/h2-8,10H,9,11H2,1H3,(H,20,21). The van der Waals surface area contributed by atoms with Crippen LogP contribution in [0, 0.1) is 0 Å². The van der Waals surface area contributed by atoms with Crippen LogP contribution in [-0.4, -0.2) is 31.6 Å². The third-order valence-electron chi connectivity index (χ3n) is 3.19. The highest BCUT2D eigenvalue weighted by Gasteiger charge is 2.11. The number of halogens is 1. The number of anilines is 1. The molecule has 0 atom stereocenters. The lowest BCUT2D eigenvalue weighted by Crippen LogP contribution is -2.21. The third-order valence-corrected chi connectivity index (χ3v) is 3.45. The van der Waals surface area contributed by atoms with E-state index >= 15 is 0 Å². The number of benzene rings is 2. The van der Waals surface area contributed by atoms with E-state index in [0.29, 0.717) is 16.3 Å². The van der Waals surface area contributed by atoms with Gasteiger partial charge in [0.05, 0.1) is 19.1 Å². The summed E-state index contributed by atoms with van der Waals surface area (Å²) in [4.78, 5) is 35.0. The van der Waals surface area contributed by atoms with Gasteiger partial charge in [-0.05, 0) is 35.9 Å². The highest BCUT2D eigenvalue weighted by molar-refractivity contribution is 6.30. The van der Waals surface area contributed by atoms with Gasteiger partial charge in [0, 0.05) is 10.7 Å². The first kappa shape index (κ1) is 18.5. The van der Waals surface area contributed by atoms with E-state index in [-0.39, 0.29) is 6.42 Å². The van der Waals surface area contributed by atoms with Crippen molar-refractivity contribution in [2.75, 3.05) is 19.0 Å². The number of nitrogens with one attached hydrogen (secondary N) is 1. The molecule has 2 aromatic carbocycles. The normalized spacial score (nSPS) is 10.0. The molecule has 0 unspecified atom stereocenters. The fourth-order valence-electron chi connectivity index (χ4n) is 2.00. The number of carbonyl (C=O) groups is 3. The second kappa shape index (κ2) is 8.84. The van der Waals surface area contributed by atoms with E-state index in [4.69, 9.17) is 16.3 Å². The lowest BCUT2D eigenvalue weighted by atomic mass is 10.1. The zero-order valence-corrected chi connectivity index (χ0v) is 14.2. The fraction of sp³-hybridized carbons (Fsp3) is 0.167. The van der Waals surface area contributed by atoms with Crippen LogP contribution in [0.2, 0.25) is 5.02 Å². The quantitative estimate of drug-likeness (QED) is 0.800. The Kier molecular flexibility index (Phi) is 6.54. The van der Waals surface area contributed by atoms with Crippen molar-refractivity contribution in [2.45, 2.75) is 6.42 Å². The number of esters is 2. The summed E-state index contributed by atoms with van der Waals surface area (Å²) in [5, 5.41) is 3.12. The Morgan fingerprint density at radius 2 is 1.80 bits per heavy atom. The van der Waals surface area contributed by atoms with Gasteiger partial charge in [0.2, 0.25) is 0 Å². The van der Waals surface area contributed by atoms with Crippen molar-refractivity contribution < 1.29 is 23.9 Å². The van der Waals surface area contributed by atoms with Crippen molar-refractivity contribution in [3.63, 3.8) is 0 Å². The van der Waals surface area contributed by atoms with Gasteiger partial charge in [-0.15, -0.1) is 0 Å². The number of hydrogen-bond acceptors (Lipinski definition) is 5. The highest BCUT2D eigenvalue weighted by Crippen LogP contribution is 2.12. The molecule has 130 valence electrons. The molecule has 2 aromatic rings. The summed E-state index contributed by atoms with van der Waals surface area (Å²) in [6.45, 7) is -0.422. The smallest absolute Gasteiger partial charge is 0.337 e. The minimum Gasteiger partial charge on any atom is -0.465 e. The van der Waals surface area contributed by atoms with E-state index in [1.54, 1.807) is 42.5 Å². The first-order valence-corrected chi connectivity index (χ1v) is 7.74. The van der Waals surface area contributed by atoms with E-state index in [9.17, 15) is 14.4 Å². The zero-order chi connectivity index (χ0) is 18.2. The van der Waals surface area contributed by atoms with E-state index < -0.39 is 24.5 Å². The molecule has 0 spiro atoms. The molecule has 7 heteroatoms. The predicted molar refractivity (Wildman–Crippen MR) is 92.5 cm³/mol. The van der Waals surface area contributed by atoms with Crippen molar-refractivity contribution in [2.24, 2.45) is 0 Å². The molecule has 0 radical (unpaired) electrons. The average molecular weight is 362 g/mol. The van der Waals surface area contributed by atoms with Crippen molar-refractivity contribution >= 4 is 35.1 Å². The summed E-state index contributed by atoms with van der Waals surface area (Å²) >= 11 is 5.77. The maximum Gasteiger partial charge on any atom is 0.337 e. The highest BCUT2D eigenvalue weighted by atomic mass is 35.5. The van der Waals surface area contributed by atoms with Crippen molar-refractivity contribution in [1.82, 2.24) is 0 Å². The van der Waals surface area contributed by atoms with Gasteiger partial charge in [0.15, 0.2) is 6.61 Å². The third kappa shape index (κ3) is 5.93. The van der Waals surface area contributed by atoms with Gasteiger partial charge in [-0.2, -0.15) is 0 Å². The molecule has 0 aliphatic carbocycles. The lowest BCUT2D eigenvalue weighted by molar-refractivity contribution is -0.146. The summed E-state index contributed by atoms with van der Waals surface area (Å²) in [5.74, 6) is -1.54. The molecule has 0 aliphatic rings.